The summed E-state index contributed by atoms with van der Waals surface area (Å²) >= 11 is 5.74. The molecule has 1 atom stereocenters. The van der Waals surface area contributed by atoms with Crippen LogP contribution in [0.25, 0.3) is 0 Å². The number of halogens is 1. The highest BCUT2D eigenvalue weighted by Crippen LogP contribution is 2.10. The molecule has 1 aliphatic rings. The molecule has 1 unspecified atom stereocenters. The lowest BCUT2D eigenvalue weighted by molar-refractivity contribution is -0.122. The minimum atomic E-state index is -0.436. The SMILES string of the molecule is O=C(NC1CCCCNC1=O)c1cccc(CCl)c1. The number of carbonyl (C=O) groups is 2. The summed E-state index contributed by atoms with van der Waals surface area (Å²) in [4.78, 5) is 23.9. The van der Waals surface area contributed by atoms with Crippen molar-refractivity contribution < 1.29 is 9.59 Å². The van der Waals surface area contributed by atoms with Gasteiger partial charge in [0, 0.05) is 18.0 Å². The molecule has 5 heteroatoms. The number of carbonyl (C=O) groups excluding carboxylic acids is 2. The van der Waals surface area contributed by atoms with Crippen LogP contribution in [-0.4, -0.2) is 24.4 Å². The third-order valence-corrected chi connectivity index (χ3v) is 3.49. The van der Waals surface area contributed by atoms with E-state index in [0.29, 0.717) is 24.4 Å². The number of benzene rings is 1. The van der Waals surface area contributed by atoms with Crippen LogP contribution in [0.15, 0.2) is 24.3 Å². The molecular formula is C14H17ClN2O2. The predicted octanol–water partition coefficient (Wildman–Crippen LogP) is 1.82. The van der Waals surface area contributed by atoms with Gasteiger partial charge in [0.25, 0.3) is 5.91 Å². The lowest BCUT2D eigenvalue weighted by Gasteiger charge is -2.15. The highest BCUT2D eigenvalue weighted by atomic mass is 35.5. The van der Waals surface area contributed by atoms with E-state index in [4.69, 9.17) is 11.6 Å². The van der Waals surface area contributed by atoms with Gasteiger partial charge in [-0.1, -0.05) is 12.1 Å². The Morgan fingerprint density at radius 3 is 3.05 bits per heavy atom. The zero-order valence-electron chi connectivity index (χ0n) is 10.6. The van der Waals surface area contributed by atoms with E-state index in [1.165, 1.54) is 0 Å². The molecule has 1 saturated heterocycles. The van der Waals surface area contributed by atoms with Crippen molar-refractivity contribution in [2.75, 3.05) is 6.54 Å². The van der Waals surface area contributed by atoms with Crippen LogP contribution in [0.4, 0.5) is 0 Å². The largest absolute Gasteiger partial charge is 0.354 e. The van der Waals surface area contributed by atoms with E-state index in [1.807, 2.05) is 6.07 Å². The van der Waals surface area contributed by atoms with Crippen LogP contribution < -0.4 is 10.6 Å². The molecule has 0 radical (unpaired) electrons. The van der Waals surface area contributed by atoms with Crippen LogP contribution in [0.2, 0.25) is 0 Å². The van der Waals surface area contributed by atoms with Crippen molar-refractivity contribution in [3.63, 3.8) is 0 Å². The predicted molar refractivity (Wildman–Crippen MR) is 74.1 cm³/mol. The smallest absolute Gasteiger partial charge is 0.251 e. The van der Waals surface area contributed by atoms with E-state index in [2.05, 4.69) is 10.6 Å². The zero-order valence-corrected chi connectivity index (χ0v) is 11.4. The van der Waals surface area contributed by atoms with Gasteiger partial charge in [0.05, 0.1) is 0 Å². The Kier molecular flexibility index (Phi) is 4.80. The Bertz CT molecular complexity index is 476. The average molecular weight is 281 g/mol. The first kappa shape index (κ1) is 13.9. The molecule has 1 aromatic rings. The molecule has 0 saturated carbocycles. The summed E-state index contributed by atoms with van der Waals surface area (Å²) in [5.74, 6) is 0.0405. The van der Waals surface area contributed by atoms with E-state index < -0.39 is 6.04 Å². The van der Waals surface area contributed by atoms with Crippen LogP contribution in [0.5, 0.6) is 0 Å². The number of hydrogen-bond donors (Lipinski definition) is 2. The molecule has 2 amide bonds. The van der Waals surface area contributed by atoms with Crippen LogP contribution in [0.1, 0.15) is 35.2 Å². The highest BCUT2D eigenvalue weighted by Gasteiger charge is 2.22. The average Bonchev–Trinajstić information content (AvgIpc) is 2.64. The fourth-order valence-corrected chi connectivity index (χ4v) is 2.28. The maximum atomic E-state index is 12.1. The molecule has 1 aliphatic heterocycles. The van der Waals surface area contributed by atoms with E-state index in [1.54, 1.807) is 18.2 Å². The quantitative estimate of drug-likeness (QED) is 0.830. The second-order valence-corrected chi connectivity index (χ2v) is 4.91. The van der Waals surface area contributed by atoms with Gasteiger partial charge in [0.15, 0.2) is 0 Å². The molecule has 2 rings (SSSR count). The molecule has 0 spiro atoms. The van der Waals surface area contributed by atoms with Crippen molar-refractivity contribution in [3.05, 3.63) is 35.4 Å². The maximum absolute atomic E-state index is 12.1. The Morgan fingerprint density at radius 2 is 2.26 bits per heavy atom. The molecule has 4 nitrogen and oxygen atoms in total. The molecule has 1 aromatic carbocycles. The second-order valence-electron chi connectivity index (χ2n) is 4.65. The summed E-state index contributed by atoms with van der Waals surface area (Å²) in [6.45, 7) is 0.687. The monoisotopic (exact) mass is 280 g/mol. The maximum Gasteiger partial charge on any atom is 0.251 e. The van der Waals surface area contributed by atoms with Crippen LogP contribution in [-0.2, 0) is 10.7 Å². The fourth-order valence-electron chi connectivity index (χ4n) is 2.11. The van der Waals surface area contributed by atoms with Crippen molar-refractivity contribution in [1.29, 1.82) is 0 Å². The van der Waals surface area contributed by atoms with Crippen LogP contribution in [0, 0.1) is 0 Å². The molecule has 0 aromatic heterocycles. The fraction of sp³-hybridized carbons (Fsp3) is 0.429. The summed E-state index contributed by atoms with van der Waals surface area (Å²) in [6.07, 6.45) is 2.58. The van der Waals surface area contributed by atoms with Gasteiger partial charge in [-0.05, 0) is 37.0 Å². The summed E-state index contributed by atoms with van der Waals surface area (Å²) < 4.78 is 0. The summed E-state index contributed by atoms with van der Waals surface area (Å²) in [7, 11) is 0. The molecule has 2 N–H and O–H groups in total. The lowest BCUT2D eigenvalue weighted by atomic mass is 10.1. The standard InChI is InChI=1S/C14H17ClN2O2/c15-9-10-4-3-5-11(8-10)13(18)17-12-6-1-2-7-16-14(12)19/h3-5,8,12H,1-2,6-7,9H2,(H,16,19)(H,17,18). The first-order valence-electron chi connectivity index (χ1n) is 6.44. The van der Waals surface area contributed by atoms with Crippen molar-refractivity contribution in [1.82, 2.24) is 10.6 Å². The van der Waals surface area contributed by atoms with Crippen molar-refractivity contribution in [3.8, 4) is 0 Å². The zero-order chi connectivity index (χ0) is 13.7. The summed E-state index contributed by atoms with van der Waals surface area (Å²) in [5, 5.41) is 5.58. The Hall–Kier alpha value is -1.55. The van der Waals surface area contributed by atoms with Gasteiger partial charge in [0.2, 0.25) is 5.91 Å². The minimum Gasteiger partial charge on any atom is -0.354 e. The first-order valence-corrected chi connectivity index (χ1v) is 6.97. The Morgan fingerprint density at radius 1 is 1.42 bits per heavy atom. The third-order valence-electron chi connectivity index (χ3n) is 3.18. The molecule has 0 aliphatic carbocycles. The number of rotatable bonds is 3. The van der Waals surface area contributed by atoms with Crippen molar-refractivity contribution in [2.45, 2.75) is 31.2 Å². The second kappa shape index (κ2) is 6.57. The van der Waals surface area contributed by atoms with Gasteiger partial charge in [0.1, 0.15) is 6.04 Å². The van der Waals surface area contributed by atoms with Gasteiger partial charge in [-0.3, -0.25) is 9.59 Å². The number of nitrogens with one attached hydrogen (secondary N) is 2. The van der Waals surface area contributed by atoms with Gasteiger partial charge < -0.3 is 10.6 Å². The van der Waals surface area contributed by atoms with E-state index in [-0.39, 0.29) is 11.8 Å². The van der Waals surface area contributed by atoms with Gasteiger partial charge in [-0.2, -0.15) is 0 Å². The number of alkyl halides is 1. The molecule has 19 heavy (non-hydrogen) atoms. The highest BCUT2D eigenvalue weighted by molar-refractivity contribution is 6.17. The molecule has 0 bridgehead atoms. The Balaban J connectivity index is 2.04. The number of amides is 2. The summed E-state index contributed by atoms with van der Waals surface area (Å²) in [6, 6.07) is 6.69. The molecule has 102 valence electrons. The van der Waals surface area contributed by atoms with Crippen molar-refractivity contribution >= 4 is 23.4 Å². The Labute approximate surface area is 117 Å². The number of hydrogen-bond acceptors (Lipinski definition) is 2. The topological polar surface area (TPSA) is 58.2 Å². The van der Waals surface area contributed by atoms with Crippen LogP contribution >= 0.6 is 11.6 Å². The van der Waals surface area contributed by atoms with Gasteiger partial charge in [-0.25, -0.2) is 0 Å². The van der Waals surface area contributed by atoms with E-state index in [0.717, 1.165) is 18.4 Å². The lowest BCUT2D eigenvalue weighted by Crippen LogP contribution is -2.45. The normalized spacial score (nSPS) is 19.4. The van der Waals surface area contributed by atoms with E-state index >= 15 is 0 Å². The minimum absolute atomic E-state index is 0.0978. The first-order chi connectivity index (χ1) is 9.20. The van der Waals surface area contributed by atoms with Gasteiger partial charge in [-0.15, -0.1) is 11.6 Å². The van der Waals surface area contributed by atoms with Gasteiger partial charge >= 0.3 is 0 Å². The van der Waals surface area contributed by atoms with Crippen molar-refractivity contribution in [2.24, 2.45) is 0 Å². The van der Waals surface area contributed by atoms with Crippen LogP contribution in [0.3, 0.4) is 0 Å². The third kappa shape index (κ3) is 3.70. The molecular weight excluding hydrogens is 264 g/mol. The van der Waals surface area contributed by atoms with E-state index in [9.17, 15) is 9.59 Å². The summed E-state index contributed by atoms with van der Waals surface area (Å²) in [5.41, 5.74) is 1.43. The molecule has 1 heterocycles. The molecule has 1 fully saturated rings.